The van der Waals surface area contributed by atoms with Crippen LogP contribution in [0.1, 0.15) is 52.4 Å². The van der Waals surface area contributed by atoms with E-state index in [1.165, 1.54) is 13.5 Å². The molecule has 0 aliphatic heterocycles. The standard InChI is InChI=1S/C14H26N2O3/c1-11(2)16(10-13(18)19-3)12(17)9-14(15)7-5-4-6-8-14/h11H,4-10,15H2,1-3H3. The number of methoxy groups -OCH3 is 1. The lowest BCUT2D eigenvalue weighted by molar-refractivity contribution is -0.148. The van der Waals surface area contributed by atoms with E-state index in [0.717, 1.165) is 25.7 Å². The second kappa shape index (κ2) is 6.89. The normalized spacial score (nSPS) is 18.2. The molecule has 2 N–H and O–H groups in total. The van der Waals surface area contributed by atoms with Crippen molar-refractivity contribution in [3.05, 3.63) is 0 Å². The molecule has 1 saturated carbocycles. The molecule has 19 heavy (non-hydrogen) atoms. The van der Waals surface area contributed by atoms with Crippen molar-refractivity contribution in [1.82, 2.24) is 4.90 Å². The second-order valence-corrected chi connectivity index (χ2v) is 5.79. The molecule has 1 aliphatic rings. The molecule has 0 radical (unpaired) electrons. The minimum atomic E-state index is -0.392. The molecule has 5 heteroatoms. The fourth-order valence-corrected chi connectivity index (χ4v) is 2.60. The molecule has 0 heterocycles. The summed E-state index contributed by atoms with van der Waals surface area (Å²) in [6.07, 6.45) is 5.47. The summed E-state index contributed by atoms with van der Waals surface area (Å²) in [6, 6.07) is -0.0289. The van der Waals surface area contributed by atoms with Gasteiger partial charge in [0.15, 0.2) is 0 Å². The van der Waals surface area contributed by atoms with Crippen LogP contribution in [0, 0.1) is 0 Å². The lowest BCUT2D eigenvalue weighted by atomic mass is 9.80. The second-order valence-electron chi connectivity index (χ2n) is 5.79. The van der Waals surface area contributed by atoms with E-state index in [-0.39, 0.29) is 18.5 Å². The Balaban J connectivity index is 2.63. The Hall–Kier alpha value is -1.10. The number of carbonyl (C=O) groups excluding carboxylic acids is 2. The van der Waals surface area contributed by atoms with Crippen LogP contribution in [0.5, 0.6) is 0 Å². The Morgan fingerprint density at radius 2 is 1.84 bits per heavy atom. The molecule has 0 unspecified atom stereocenters. The van der Waals surface area contributed by atoms with Crippen molar-refractivity contribution in [1.29, 1.82) is 0 Å². The molecule has 0 bridgehead atoms. The number of rotatable bonds is 5. The maximum absolute atomic E-state index is 12.3. The van der Waals surface area contributed by atoms with Crippen molar-refractivity contribution in [3.8, 4) is 0 Å². The number of carbonyl (C=O) groups is 2. The van der Waals surface area contributed by atoms with Crippen molar-refractivity contribution >= 4 is 11.9 Å². The zero-order valence-corrected chi connectivity index (χ0v) is 12.3. The first-order valence-electron chi connectivity index (χ1n) is 7.03. The van der Waals surface area contributed by atoms with E-state index in [9.17, 15) is 9.59 Å². The van der Waals surface area contributed by atoms with Gasteiger partial charge in [0, 0.05) is 18.0 Å². The van der Waals surface area contributed by atoms with Crippen molar-refractivity contribution in [3.63, 3.8) is 0 Å². The van der Waals surface area contributed by atoms with Crippen LogP contribution in [-0.4, -0.2) is 42.0 Å². The summed E-state index contributed by atoms with van der Waals surface area (Å²) in [4.78, 5) is 25.3. The van der Waals surface area contributed by atoms with Gasteiger partial charge in [-0.2, -0.15) is 0 Å². The highest BCUT2D eigenvalue weighted by Gasteiger charge is 2.33. The number of hydrogen-bond acceptors (Lipinski definition) is 4. The highest BCUT2D eigenvalue weighted by Crippen LogP contribution is 2.29. The summed E-state index contributed by atoms with van der Waals surface area (Å²) in [5, 5.41) is 0. The Kier molecular flexibility index (Phi) is 5.79. The fraction of sp³-hybridized carbons (Fsp3) is 0.857. The quantitative estimate of drug-likeness (QED) is 0.767. The zero-order chi connectivity index (χ0) is 14.5. The summed E-state index contributed by atoms with van der Waals surface area (Å²) in [6.45, 7) is 3.79. The summed E-state index contributed by atoms with van der Waals surface area (Å²) >= 11 is 0. The monoisotopic (exact) mass is 270 g/mol. The summed E-state index contributed by atoms with van der Waals surface area (Å²) < 4.78 is 4.63. The van der Waals surface area contributed by atoms with Crippen LogP contribution in [0.2, 0.25) is 0 Å². The fourth-order valence-electron chi connectivity index (χ4n) is 2.60. The summed E-state index contributed by atoms with van der Waals surface area (Å²) in [5.41, 5.74) is 5.91. The van der Waals surface area contributed by atoms with Gasteiger partial charge in [0.25, 0.3) is 0 Å². The van der Waals surface area contributed by atoms with Crippen molar-refractivity contribution in [2.75, 3.05) is 13.7 Å². The Bertz CT molecular complexity index is 323. The first kappa shape index (κ1) is 16.0. The van der Waals surface area contributed by atoms with Crippen LogP contribution in [0.3, 0.4) is 0 Å². The van der Waals surface area contributed by atoms with Gasteiger partial charge in [-0.3, -0.25) is 9.59 Å². The zero-order valence-electron chi connectivity index (χ0n) is 12.3. The van der Waals surface area contributed by atoms with Crippen LogP contribution in [0.15, 0.2) is 0 Å². The van der Waals surface area contributed by atoms with Gasteiger partial charge in [0.1, 0.15) is 6.54 Å². The third-order valence-electron chi connectivity index (χ3n) is 3.82. The molecule has 1 amide bonds. The molecule has 110 valence electrons. The van der Waals surface area contributed by atoms with E-state index in [1.54, 1.807) is 4.90 Å². The molecule has 1 rings (SSSR count). The van der Waals surface area contributed by atoms with Crippen LogP contribution < -0.4 is 5.73 Å². The predicted octanol–water partition coefficient (Wildman–Crippen LogP) is 1.45. The van der Waals surface area contributed by atoms with Crippen LogP contribution in [-0.2, 0) is 14.3 Å². The van der Waals surface area contributed by atoms with Gasteiger partial charge in [0.05, 0.1) is 7.11 Å². The minimum Gasteiger partial charge on any atom is -0.468 e. The predicted molar refractivity (Wildman–Crippen MR) is 73.5 cm³/mol. The summed E-state index contributed by atoms with van der Waals surface area (Å²) in [5.74, 6) is -0.443. The maximum atomic E-state index is 12.3. The lowest BCUT2D eigenvalue weighted by Gasteiger charge is -2.35. The average Bonchev–Trinajstić information content (AvgIpc) is 2.35. The molecule has 0 aromatic carbocycles. The summed E-state index contributed by atoms with van der Waals surface area (Å²) in [7, 11) is 1.33. The number of esters is 1. The van der Waals surface area contributed by atoms with Gasteiger partial charge in [-0.15, -0.1) is 0 Å². The first-order valence-corrected chi connectivity index (χ1v) is 7.03. The smallest absolute Gasteiger partial charge is 0.325 e. The number of amides is 1. The molecule has 0 spiro atoms. The molecular weight excluding hydrogens is 244 g/mol. The number of ether oxygens (including phenoxy) is 1. The number of nitrogens with two attached hydrogens (primary N) is 1. The third kappa shape index (κ3) is 4.82. The molecule has 0 aromatic heterocycles. The van der Waals surface area contributed by atoms with Crippen molar-refractivity contribution in [2.24, 2.45) is 5.73 Å². The molecule has 1 fully saturated rings. The molecule has 5 nitrogen and oxygen atoms in total. The van der Waals surface area contributed by atoms with Gasteiger partial charge in [0.2, 0.25) is 5.91 Å². The molecular formula is C14H26N2O3. The van der Waals surface area contributed by atoms with E-state index in [4.69, 9.17) is 5.73 Å². The van der Waals surface area contributed by atoms with E-state index in [0.29, 0.717) is 6.42 Å². The van der Waals surface area contributed by atoms with E-state index < -0.39 is 11.5 Å². The molecule has 0 atom stereocenters. The SMILES string of the molecule is COC(=O)CN(C(=O)CC1(N)CCCCC1)C(C)C. The van der Waals surface area contributed by atoms with Gasteiger partial charge in [-0.05, 0) is 26.7 Å². The van der Waals surface area contributed by atoms with Gasteiger partial charge >= 0.3 is 5.97 Å². The number of hydrogen-bond donors (Lipinski definition) is 1. The maximum Gasteiger partial charge on any atom is 0.325 e. The molecule has 1 aliphatic carbocycles. The van der Waals surface area contributed by atoms with Crippen molar-refractivity contribution in [2.45, 2.75) is 64.0 Å². The Morgan fingerprint density at radius 3 is 2.32 bits per heavy atom. The highest BCUT2D eigenvalue weighted by molar-refractivity contribution is 5.83. The minimum absolute atomic E-state index is 0.00306. The molecule has 0 aromatic rings. The number of nitrogens with zero attached hydrogens (tertiary/aromatic N) is 1. The lowest BCUT2D eigenvalue weighted by Crippen LogP contribution is -2.49. The van der Waals surface area contributed by atoms with Crippen LogP contribution in [0.4, 0.5) is 0 Å². The molecule has 0 saturated heterocycles. The largest absolute Gasteiger partial charge is 0.468 e. The Morgan fingerprint density at radius 1 is 1.26 bits per heavy atom. The third-order valence-corrected chi connectivity index (χ3v) is 3.82. The van der Waals surface area contributed by atoms with E-state index >= 15 is 0 Å². The average molecular weight is 270 g/mol. The Labute approximate surface area is 115 Å². The van der Waals surface area contributed by atoms with Crippen LogP contribution in [0.25, 0.3) is 0 Å². The first-order chi connectivity index (χ1) is 8.88. The van der Waals surface area contributed by atoms with Gasteiger partial charge < -0.3 is 15.4 Å². The van der Waals surface area contributed by atoms with Gasteiger partial charge in [-0.25, -0.2) is 0 Å². The van der Waals surface area contributed by atoms with Crippen LogP contribution >= 0.6 is 0 Å². The van der Waals surface area contributed by atoms with E-state index in [1.807, 2.05) is 13.8 Å². The highest BCUT2D eigenvalue weighted by atomic mass is 16.5. The van der Waals surface area contributed by atoms with Crippen molar-refractivity contribution < 1.29 is 14.3 Å². The topological polar surface area (TPSA) is 72.6 Å². The van der Waals surface area contributed by atoms with E-state index in [2.05, 4.69) is 4.74 Å². The van der Waals surface area contributed by atoms with Gasteiger partial charge in [-0.1, -0.05) is 19.3 Å².